The van der Waals surface area contributed by atoms with Crippen molar-refractivity contribution in [1.82, 2.24) is 5.32 Å². The minimum atomic E-state index is -0.469. The average Bonchev–Trinajstić information content (AvgIpc) is 2.31. The molecule has 1 aliphatic rings. The summed E-state index contributed by atoms with van der Waals surface area (Å²) in [5.41, 5.74) is 0.539. The normalized spacial score (nSPS) is 26.5. The van der Waals surface area contributed by atoms with Crippen LogP contribution in [0.4, 0.5) is 0 Å². The number of aliphatic hydroxyl groups excluding tert-OH is 1. The SMILES string of the molecule is OCC1(c2ccc(Cl)cc2)COCCN1. The third-order valence-corrected chi connectivity index (χ3v) is 2.98. The van der Waals surface area contributed by atoms with Crippen molar-refractivity contribution in [3.8, 4) is 0 Å². The molecule has 15 heavy (non-hydrogen) atoms. The first-order valence-electron chi connectivity index (χ1n) is 4.96. The summed E-state index contributed by atoms with van der Waals surface area (Å²) in [6, 6.07) is 7.48. The Morgan fingerprint density at radius 1 is 1.40 bits per heavy atom. The van der Waals surface area contributed by atoms with E-state index in [1.165, 1.54) is 0 Å². The van der Waals surface area contributed by atoms with Crippen LogP contribution in [-0.2, 0) is 10.3 Å². The van der Waals surface area contributed by atoms with Gasteiger partial charge in [0.15, 0.2) is 0 Å². The standard InChI is InChI=1S/C11H14ClNO2/c12-10-3-1-9(2-4-10)11(7-14)8-15-6-5-13-11/h1-4,13-14H,5-8H2. The van der Waals surface area contributed by atoms with Gasteiger partial charge in [-0.05, 0) is 17.7 Å². The summed E-state index contributed by atoms with van der Waals surface area (Å²) in [5.74, 6) is 0. The first kappa shape index (κ1) is 10.9. The Labute approximate surface area is 94.0 Å². The van der Waals surface area contributed by atoms with E-state index in [1.807, 2.05) is 24.3 Å². The molecule has 3 nitrogen and oxygen atoms in total. The summed E-state index contributed by atoms with van der Waals surface area (Å²) >= 11 is 5.83. The Hall–Kier alpha value is -0.610. The van der Waals surface area contributed by atoms with Crippen LogP contribution in [0.25, 0.3) is 0 Å². The number of benzene rings is 1. The van der Waals surface area contributed by atoms with Gasteiger partial charge in [-0.2, -0.15) is 0 Å². The van der Waals surface area contributed by atoms with Gasteiger partial charge in [-0.3, -0.25) is 0 Å². The van der Waals surface area contributed by atoms with E-state index in [2.05, 4.69) is 5.32 Å². The fraction of sp³-hybridized carbons (Fsp3) is 0.455. The number of halogens is 1. The molecule has 0 amide bonds. The van der Waals surface area contributed by atoms with Crippen molar-refractivity contribution >= 4 is 11.6 Å². The van der Waals surface area contributed by atoms with Crippen molar-refractivity contribution in [2.24, 2.45) is 0 Å². The van der Waals surface area contributed by atoms with Crippen LogP contribution in [-0.4, -0.2) is 31.5 Å². The van der Waals surface area contributed by atoms with Gasteiger partial charge in [-0.1, -0.05) is 23.7 Å². The third-order valence-electron chi connectivity index (χ3n) is 2.72. The molecule has 1 saturated heterocycles. The largest absolute Gasteiger partial charge is 0.394 e. The highest BCUT2D eigenvalue weighted by molar-refractivity contribution is 6.30. The van der Waals surface area contributed by atoms with E-state index in [0.717, 1.165) is 12.1 Å². The molecule has 1 aromatic carbocycles. The van der Waals surface area contributed by atoms with Gasteiger partial charge >= 0.3 is 0 Å². The minimum absolute atomic E-state index is 0.0225. The lowest BCUT2D eigenvalue weighted by molar-refractivity contribution is -0.00332. The van der Waals surface area contributed by atoms with Crippen molar-refractivity contribution in [2.75, 3.05) is 26.4 Å². The molecule has 1 atom stereocenters. The molecule has 0 saturated carbocycles. The molecule has 1 aromatic rings. The highest BCUT2D eigenvalue weighted by Gasteiger charge is 2.33. The lowest BCUT2D eigenvalue weighted by Gasteiger charge is -2.37. The maximum Gasteiger partial charge on any atom is 0.0906 e. The predicted octanol–water partition coefficient (Wildman–Crippen LogP) is 1.15. The highest BCUT2D eigenvalue weighted by Crippen LogP contribution is 2.24. The van der Waals surface area contributed by atoms with Crippen LogP contribution in [0.5, 0.6) is 0 Å². The monoisotopic (exact) mass is 227 g/mol. The molecule has 1 unspecified atom stereocenters. The van der Waals surface area contributed by atoms with Gasteiger partial charge < -0.3 is 15.2 Å². The van der Waals surface area contributed by atoms with E-state index < -0.39 is 5.54 Å². The summed E-state index contributed by atoms with van der Waals surface area (Å²) in [4.78, 5) is 0. The Bertz CT molecular complexity index is 320. The van der Waals surface area contributed by atoms with Crippen LogP contribution in [0.3, 0.4) is 0 Å². The van der Waals surface area contributed by atoms with Crippen LogP contribution >= 0.6 is 11.6 Å². The minimum Gasteiger partial charge on any atom is -0.394 e. The van der Waals surface area contributed by atoms with Crippen LogP contribution in [0.1, 0.15) is 5.56 Å². The number of hydrogen-bond acceptors (Lipinski definition) is 3. The van der Waals surface area contributed by atoms with Crippen molar-refractivity contribution < 1.29 is 9.84 Å². The smallest absolute Gasteiger partial charge is 0.0906 e. The van der Waals surface area contributed by atoms with Crippen LogP contribution in [0.2, 0.25) is 5.02 Å². The second-order valence-corrected chi connectivity index (χ2v) is 4.16. The first-order chi connectivity index (χ1) is 7.27. The second kappa shape index (κ2) is 4.49. The molecule has 2 N–H and O–H groups in total. The molecule has 0 aliphatic carbocycles. The Morgan fingerprint density at radius 2 is 2.13 bits per heavy atom. The van der Waals surface area contributed by atoms with Crippen LogP contribution in [0, 0.1) is 0 Å². The quantitative estimate of drug-likeness (QED) is 0.797. The van der Waals surface area contributed by atoms with Gasteiger partial charge in [0, 0.05) is 11.6 Å². The topological polar surface area (TPSA) is 41.5 Å². The van der Waals surface area contributed by atoms with Crippen molar-refractivity contribution in [2.45, 2.75) is 5.54 Å². The zero-order valence-corrected chi connectivity index (χ0v) is 9.13. The molecule has 0 aromatic heterocycles. The molecule has 4 heteroatoms. The lowest BCUT2D eigenvalue weighted by atomic mass is 9.91. The molecule has 2 rings (SSSR count). The first-order valence-corrected chi connectivity index (χ1v) is 5.34. The van der Waals surface area contributed by atoms with E-state index in [1.54, 1.807) is 0 Å². The fourth-order valence-electron chi connectivity index (χ4n) is 1.81. The summed E-state index contributed by atoms with van der Waals surface area (Å²) in [7, 11) is 0. The number of aliphatic hydroxyl groups is 1. The summed E-state index contributed by atoms with van der Waals surface area (Å²) in [5, 5.41) is 13.5. The van der Waals surface area contributed by atoms with Crippen molar-refractivity contribution in [3.63, 3.8) is 0 Å². The van der Waals surface area contributed by atoms with E-state index in [9.17, 15) is 5.11 Å². The maximum atomic E-state index is 9.49. The number of nitrogens with one attached hydrogen (secondary N) is 1. The van der Waals surface area contributed by atoms with Crippen LogP contribution < -0.4 is 5.32 Å². The van der Waals surface area contributed by atoms with E-state index >= 15 is 0 Å². The molecular formula is C11H14ClNO2. The van der Waals surface area contributed by atoms with E-state index in [4.69, 9.17) is 16.3 Å². The van der Waals surface area contributed by atoms with Crippen molar-refractivity contribution in [3.05, 3.63) is 34.9 Å². The molecular weight excluding hydrogens is 214 g/mol. The van der Waals surface area contributed by atoms with Crippen LogP contribution in [0.15, 0.2) is 24.3 Å². The molecule has 0 bridgehead atoms. The van der Waals surface area contributed by atoms with Gasteiger partial charge in [0.25, 0.3) is 0 Å². The Balaban J connectivity index is 2.28. The molecule has 82 valence electrons. The molecule has 0 spiro atoms. The highest BCUT2D eigenvalue weighted by atomic mass is 35.5. The van der Waals surface area contributed by atoms with Gasteiger partial charge in [0.1, 0.15) is 0 Å². The maximum absolute atomic E-state index is 9.49. The lowest BCUT2D eigenvalue weighted by Crippen LogP contribution is -2.54. The molecule has 1 fully saturated rings. The number of morpholine rings is 1. The Kier molecular flexibility index (Phi) is 3.26. The van der Waals surface area contributed by atoms with Gasteiger partial charge in [0.2, 0.25) is 0 Å². The summed E-state index contributed by atoms with van der Waals surface area (Å²) < 4.78 is 5.41. The summed E-state index contributed by atoms with van der Waals surface area (Å²) in [6.45, 7) is 1.96. The van der Waals surface area contributed by atoms with Gasteiger partial charge in [-0.25, -0.2) is 0 Å². The fourth-order valence-corrected chi connectivity index (χ4v) is 1.93. The molecule has 1 heterocycles. The summed E-state index contributed by atoms with van der Waals surface area (Å²) in [6.07, 6.45) is 0. The van der Waals surface area contributed by atoms with E-state index in [-0.39, 0.29) is 6.61 Å². The number of rotatable bonds is 2. The van der Waals surface area contributed by atoms with E-state index in [0.29, 0.717) is 18.2 Å². The predicted molar refractivity (Wildman–Crippen MR) is 59.0 cm³/mol. The van der Waals surface area contributed by atoms with Gasteiger partial charge in [-0.15, -0.1) is 0 Å². The zero-order chi connectivity index (χ0) is 10.7. The zero-order valence-electron chi connectivity index (χ0n) is 8.37. The third kappa shape index (κ3) is 2.16. The number of hydrogen-bond donors (Lipinski definition) is 2. The molecule has 0 radical (unpaired) electrons. The second-order valence-electron chi connectivity index (χ2n) is 3.73. The van der Waals surface area contributed by atoms with Gasteiger partial charge in [0.05, 0.1) is 25.4 Å². The number of ether oxygens (including phenoxy) is 1. The Morgan fingerprint density at radius 3 is 2.67 bits per heavy atom. The molecule has 1 aliphatic heterocycles. The van der Waals surface area contributed by atoms with Crippen molar-refractivity contribution in [1.29, 1.82) is 0 Å². The average molecular weight is 228 g/mol.